The zero-order valence-electron chi connectivity index (χ0n) is 26.1. The quantitative estimate of drug-likeness (QED) is 0.118. The van der Waals surface area contributed by atoms with Crippen LogP contribution < -0.4 is 10.1 Å². The lowest BCUT2D eigenvalue weighted by Gasteiger charge is -2.28. The molecule has 1 aliphatic carbocycles. The van der Waals surface area contributed by atoms with Crippen LogP contribution in [-0.2, 0) is 23.3 Å². The van der Waals surface area contributed by atoms with Crippen LogP contribution in [0.15, 0.2) is 54.9 Å². The van der Waals surface area contributed by atoms with E-state index in [0.29, 0.717) is 35.9 Å². The average molecular weight is 677 g/mol. The Labute approximate surface area is 279 Å². The van der Waals surface area contributed by atoms with E-state index < -0.39 is 31.0 Å². The summed E-state index contributed by atoms with van der Waals surface area (Å²) in [5.74, 6) is 0.559. The number of hydrogen-bond donors (Lipinski definition) is 6. The molecule has 4 rings (SSSR count). The van der Waals surface area contributed by atoms with Crippen LogP contribution in [0.4, 0.5) is 0 Å². The van der Waals surface area contributed by atoms with Gasteiger partial charge in [0.25, 0.3) is 0 Å². The molecule has 2 aromatic carbocycles. The van der Waals surface area contributed by atoms with Crippen molar-refractivity contribution in [3.05, 3.63) is 81.6 Å². The molecule has 0 spiro atoms. The number of rotatable bonds is 17. The molecule has 0 bridgehead atoms. The number of para-hydroxylation sites is 1. The number of aliphatic hydroxyl groups excluding tert-OH is 5. The Balaban J connectivity index is 1.30. The number of benzene rings is 2. The Kier molecular flexibility index (Phi) is 12.8. The number of nitrogens with one attached hydrogen (secondary N) is 1. The maximum atomic E-state index is 12.5. The summed E-state index contributed by atoms with van der Waals surface area (Å²) < 4.78 is 5.62. The third-order valence-electron chi connectivity index (χ3n) is 8.62. The maximum absolute atomic E-state index is 12.5. The van der Waals surface area contributed by atoms with E-state index in [4.69, 9.17) is 33.0 Å². The van der Waals surface area contributed by atoms with Gasteiger partial charge in [-0.3, -0.25) is 9.78 Å². The second-order valence-electron chi connectivity index (χ2n) is 11.9. The van der Waals surface area contributed by atoms with Crippen LogP contribution in [-0.4, -0.2) is 93.0 Å². The van der Waals surface area contributed by atoms with Crippen molar-refractivity contribution in [2.24, 2.45) is 0 Å². The first-order chi connectivity index (χ1) is 22.0. The molecule has 1 aliphatic rings. The number of hydrogen-bond acceptors (Lipinski definition) is 9. The molecule has 1 fully saturated rings. The van der Waals surface area contributed by atoms with Gasteiger partial charge in [-0.15, -0.1) is 0 Å². The molecule has 0 unspecified atom stereocenters. The molecule has 12 heteroatoms. The highest BCUT2D eigenvalue weighted by Crippen LogP contribution is 2.50. The third-order valence-corrected chi connectivity index (χ3v) is 9.32. The van der Waals surface area contributed by atoms with Gasteiger partial charge in [0.05, 0.1) is 13.7 Å². The highest BCUT2D eigenvalue weighted by atomic mass is 35.5. The van der Waals surface area contributed by atoms with Crippen LogP contribution in [0.1, 0.15) is 48.8 Å². The number of likely N-dealkylation sites (N-methyl/N-ethyl adjacent to an activating group) is 1. The van der Waals surface area contributed by atoms with Crippen molar-refractivity contribution in [1.82, 2.24) is 15.2 Å². The van der Waals surface area contributed by atoms with Crippen LogP contribution in [0.3, 0.4) is 0 Å². The largest absolute Gasteiger partial charge is 0.496 e. The summed E-state index contributed by atoms with van der Waals surface area (Å²) in [6, 6.07) is 13.7. The van der Waals surface area contributed by atoms with E-state index >= 15 is 0 Å². The SMILES string of the molecule is COc1ccccc1-c1ccncc1C1(NCc2cc(Cl)c(CCCCC(=O)N(C)C[C@H](O)[C@@H](O)[C@H](O)[C@H](O)CO)cc2Cl)CC1. The Bertz CT molecular complexity index is 1470. The molecule has 250 valence electrons. The molecule has 1 aromatic heterocycles. The normalized spacial score (nSPS) is 16.4. The van der Waals surface area contributed by atoms with Crippen molar-refractivity contribution in [3.63, 3.8) is 0 Å². The predicted octanol–water partition coefficient (Wildman–Crippen LogP) is 3.45. The number of nitrogens with zero attached hydrogens (tertiary/aromatic N) is 2. The first-order valence-electron chi connectivity index (χ1n) is 15.4. The standard InChI is InChI=1S/C34H43Cl2N3O7/c1-39(19-28(41)32(44)33(45)29(42)20-40)31(43)10-6-3-7-21-15-27(36)22(16-26(21)35)17-38-34(12-13-34)25-18-37-14-11-23(25)24-8-4-5-9-30(24)46-2/h4-5,8-9,11,14-16,18,28-29,32-33,38,40-42,44-45H,3,6-7,10,12-13,17,19-20H2,1-2H3/t28-,29+,32+,33+/m0/s1. The first-order valence-corrected chi connectivity index (χ1v) is 16.1. The van der Waals surface area contributed by atoms with E-state index in [2.05, 4.69) is 10.3 Å². The van der Waals surface area contributed by atoms with Crippen molar-refractivity contribution in [2.45, 2.75) is 75.0 Å². The summed E-state index contributed by atoms with van der Waals surface area (Å²) in [7, 11) is 3.15. The van der Waals surface area contributed by atoms with Crippen molar-refractivity contribution in [2.75, 3.05) is 27.3 Å². The average Bonchev–Trinajstić information content (AvgIpc) is 3.86. The zero-order valence-corrected chi connectivity index (χ0v) is 27.6. The Morgan fingerprint density at radius 3 is 2.37 bits per heavy atom. The number of aliphatic hydroxyl groups is 5. The Hall–Kier alpha value is -2.80. The molecule has 10 nitrogen and oxygen atoms in total. The van der Waals surface area contributed by atoms with Crippen LogP contribution in [0.5, 0.6) is 5.75 Å². The molecule has 1 amide bonds. The predicted molar refractivity (Wildman–Crippen MR) is 177 cm³/mol. The highest BCUT2D eigenvalue weighted by Gasteiger charge is 2.45. The highest BCUT2D eigenvalue weighted by molar-refractivity contribution is 6.34. The van der Waals surface area contributed by atoms with Crippen molar-refractivity contribution in [3.8, 4) is 16.9 Å². The fourth-order valence-corrected chi connectivity index (χ4v) is 6.13. The van der Waals surface area contributed by atoms with Crippen molar-refractivity contribution in [1.29, 1.82) is 0 Å². The van der Waals surface area contributed by atoms with Gasteiger partial charge in [0.15, 0.2) is 0 Å². The van der Waals surface area contributed by atoms with Gasteiger partial charge in [0.2, 0.25) is 5.91 Å². The minimum absolute atomic E-state index is 0.210. The van der Waals surface area contributed by atoms with E-state index in [9.17, 15) is 25.2 Å². The zero-order chi connectivity index (χ0) is 33.4. The molecular weight excluding hydrogens is 633 g/mol. The lowest BCUT2D eigenvalue weighted by atomic mass is 9.94. The number of halogens is 2. The number of pyridine rings is 1. The number of unbranched alkanes of at least 4 members (excludes halogenated alkanes) is 1. The monoisotopic (exact) mass is 675 g/mol. The fraction of sp³-hybridized carbons (Fsp3) is 0.471. The fourth-order valence-electron chi connectivity index (χ4n) is 5.60. The van der Waals surface area contributed by atoms with Crippen LogP contribution in [0, 0.1) is 0 Å². The number of carbonyl (C=O) groups excluding carboxylic acids is 1. The lowest BCUT2D eigenvalue weighted by Crippen LogP contribution is -2.49. The van der Waals surface area contributed by atoms with E-state index in [1.807, 2.05) is 48.7 Å². The Morgan fingerprint density at radius 1 is 1.00 bits per heavy atom. The van der Waals surface area contributed by atoms with E-state index in [1.54, 1.807) is 13.3 Å². The van der Waals surface area contributed by atoms with Gasteiger partial charge < -0.3 is 40.5 Å². The van der Waals surface area contributed by atoms with Gasteiger partial charge >= 0.3 is 0 Å². The summed E-state index contributed by atoms with van der Waals surface area (Å²) in [6.45, 7) is -0.486. The van der Waals surface area contributed by atoms with Crippen LogP contribution in [0.2, 0.25) is 10.0 Å². The van der Waals surface area contributed by atoms with Crippen LogP contribution >= 0.6 is 23.2 Å². The van der Waals surface area contributed by atoms with Crippen molar-refractivity contribution < 1.29 is 35.1 Å². The second-order valence-corrected chi connectivity index (χ2v) is 12.7. The molecular formula is C34H43Cl2N3O7. The number of carbonyl (C=O) groups is 1. The molecule has 0 aliphatic heterocycles. The number of ether oxygens (including phenoxy) is 1. The van der Waals surface area contributed by atoms with Gasteiger partial charge in [-0.2, -0.15) is 0 Å². The minimum Gasteiger partial charge on any atom is -0.496 e. The summed E-state index contributed by atoms with van der Waals surface area (Å²) in [6.07, 6.45) is 1.16. The topological polar surface area (TPSA) is 156 Å². The van der Waals surface area contributed by atoms with E-state index in [0.717, 1.165) is 46.4 Å². The minimum atomic E-state index is -1.74. The van der Waals surface area contributed by atoms with Crippen LogP contribution in [0.25, 0.3) is 11.1 Å². The smallest absolute Gasteiger partial charge is 0.222 e. The Morgan fingerprint density at radius 2 is 1.67 bits per heavy atom. The lowest BCUT2D eigenvalue weighted by molar-refractivity contribution is -0.138. The summed E-state index contributed by atoms with van der Waals surface area (Å²) in [5.41, 5.74) is 4.75. The third kappa shape index (κ3) is 8.76. The molecule has 1 heterocycles. The summed E-state index contributed by atoms with van der Waals surface area (Å²) >= 11 is 13.4. The molecule has 4 atom stereocenters. The molecule has 46 heavy (non-hydrogen) atoms. The summed E-state index contributed by atoms with van der Waals surface area (Å²) in [5, 5.41) is 53.2. The second kappa shape index (κ2) is 16.3. The van der Waals surface area contributed by atoms with Gasteiger partial charge in [-0.25, -0.2) is 0 Å². The van der Waals surface area contributed by atoms with E-state index in [-0.39, 0.29) is 24.4 Å². The van der Waals surface area contributed by atoms with Gasteiger partial charge in [0.1, 0.15) is 30.2 Å². The maximum Gasteiger partial charge on any atom is 0.222 e. The first kappa shape index (κ1) is 36.0. The van der Waals surface area contributed by atoms with Gasteiger partial charge in [-0.1, -0.05) is 41.4 Å². The van der Waals surface area contributed by atoms with Gasteiger partial charge in [0, 0.05) is 60.1 Å². The summed E-state index contributed by atoms with van der Waals surface area (Å²) in [4.78, 5) is 18.2. The molecule has 1 saturated carbocycles. The number of aryl methyl sites for hydroxylation is 1. The number of aromatic nitrogens is 1. The molecule has 0 radical (unpaired) electrons. The molecule has 3 aromatic rings. The number of methoxy groups -OCH3 is 1. The molecule has 6 N–H and O–H groups in total. The number of amides is 1. The van der Waals surface area contributed by atoms with Crippen molar-refractivity contribution >= 4 is 29.1 Å². The molecule has 0 saturated heterocycles. The van der Waals surface area contributed by atoms with E-state index in [1.165, 1.54) is 11.9 Å². The van der Waals surface area contributed by atoms with Gasteiger partial charge in [-0.05, 0) is 78.6 Å².